The number of hydrogen-bond donors (Lipinski definition) is 2. The molecule has 36 heavy (non-hydrogen) atoms. The molecule has 3 amide bonds. The van der Waals surface area contributed by atoms with E-state index in [2.05, 4.69) is 22.5 Å². The minimum absolute atomic E-state index is 0.0105. The number of carbonyl (C=O) groups excluding carboxylic acids is 3. The lowest BCUT2D eigenvalue weighted by Gasteiger charge is -2.22. The Hall–Kier alpha value is -3.72. The second-order valence-corrected chi connectivity index (χ2v) is 9.51. The Kier molecular flexibility index (Phi) is 8.67. The molecule has 188 valence electrons. The molecular formula is C27H30N4O4S. The predicted octanol–water partition coefficient (Wildman–Crippen LogP) is 5.68. The number of thiazole rings is 1. The second-order valence-electron chi connectivity index (χ2n) is 8.65. The number of carbonyl (C=O) groups is 3. The van der Waals surface area contributed by atoms with Crippen LogP contribution in [-0.4, -0.2) is 40.4 Å². The van der Waals surface area contributed by atoms with Crippen molar-refractivity contribution in [3.8, 4) is 11.3 Å². The van der Waals surface area contributed by atoms with Crippen LogP contribution in [0.1, 0.15) is 44.6 Å². The molecular weight excluding hydrogens is 476 g/mol. The quantitative estimate of drug-likeness (QED) is 0.389. The van der Waals surface area contributed by atoms with Crippen LogP contribution in [0.4, 0.5) is 15.6 Å². The van der Waals surface area contributed by atoms with E-state index in [0.29, 0.717) is 35.9 Å². The minimum Gasteiger partial charge on any atom is -0.445 e. The molecule has 9 heteroatoms. The standard InChI is InChI=1S/C27H30N4O4S/c1-2-3-14-24(32)28-21-12-7-11-20(16-21)22-18-36-26(29-22)30-25(33)23-13-8-15-31(23)27(34)35-17-19-9-5-4-6-10-19/h4-7,9-12,16,18,23H,2-3,8,13-15,17H2,1H3,(H,28,32)(H,29,30,33). The largest absolute Gasteiger partial charge is 0.445 e. The molecule has 1 saturated heterocycles. The van der Waals surface area contributed by atoms with E-state index in [1.807, 2.05) is 60.0 Å². The van der Waals surface area contributed by atoms with Gasteiger partial charge < -0.3 is 15.4 Å². The Morgan fingerprint density at radius 3 is 2.75 bits per heavy atom. The molecule has 0 spiro atoms. The summed E-state index contributed by atoms with van der Waals surface area (Å²) in [5.41, 5.74) is 3.14. The van der Waals surface area contributed by atoms with Crippen molar-refractivity contribution in [2.75, 3.05) is 17.2 Å². The first-order chi connectivity index (χ1) is 17.5. The summed E-state index contributed by atoms with van der Waals surface area (Å²) in [6, 6.07) is 16.3. The number of aromatic nitrogens is 1. The zero-order valence-corrected chi connectivity index (χ0v) is 21.1. The Morgan fingerprint density at radius 1 is 1.11 bits per heavy atom. The third-order valence-electron chi connectivity index (χ3n) is 5.93. The highest BCUT2D eigenvalue weighted by Crippen LogP contribution is 2.28. The molecule has 8 nitrogen and oxygen atoms in total. The minimum atomic E-state index is -0.595. The summed E-state index contributed by atoms with van der Waals surface area (Å²) in [5, 5.41) is 8.08. The number of hydrogen-bond acceptors (Lipinski definition) is 6. The van der Waals surface area contributed by atoms with Gasteiger partial charge >= 0.3 is 6.09 Å². The summed E-state index contributed by atoms with van der Waals surface area (Å²) in [6.45, 7) is 2.69. The number of rotatable bonds is 9. The molecule has 0 radical (unpaired) electrons. The average Bonchev–Trinajstić information content (AvgIpc) is 3.57. The lowest BCUT2D eigenvalue weighted by molar-refractivity contribution is -0.120. The molecule has 0 bridgehead atoms. The van der Waals surface area contributed by atoms with Gasteiger partial charge in [0, 0.05) is 29.6 Å². The topological polar surface area (TPSA) is 101 Å². The van der Waals surface area contributed by atoms with Crippen molar-refractivity contribution in [1.82, 2.24) is 9.88 Å². The maximum atomic E-state index is 13.0. The van der Waals surface area contributed by atoms with Crippen LogP contribution in [0, 0.1) is 0 Å². The smallest absolute Gasteiger partial charge is 0.410 e. The first kappa shape index (κ1) is 25.4. The van der Waals surface area contributed by atoms with Gasteiger partial charge in [-0.15, -0.1) is 11.3 Å². The average molecular weight is 507 g/mol. The van der Waals surface area contributed by atoms with Crippen LogP contribution in [0.2, 0.25) is 0 Å². The fourth-order valence-corrected chi connectivity index (χ4v) is 4.75. The molecule has 2 N–H and O–H groups in total. The van der Waals surface area contributed by atoms with Crippen LogP contribution in [0.5, 0.6) is 0 Å². The highest BCUT2D eigenvalue weighted by atomic mass is 32.1. The van der Waals surface area contributed by atoms with E-state index in [1.165, 1.54) is 16.2 Å². The molecule has 4 rings (SSSR count). The predicted molar refractivity (Wildman–Crippen MR) is 141 cm³/mol. The van der Waals surface area contributed by atoms with Crippen LogP contribution >= 0.6 is 11.3 Å². The van der Waals surface area contributed by atoms with Gasteiger partial charge in [0.05, 0.1) is 5.69 Å². The van der Waals surface area contributed by atoms with Crippen LogP contribution in [0.25, 0.3) is 11.3 Å². The molecule has 1 unspecified atom stereocenters. The highest BCUT2D eigenvalue weighted by molar-refractivity contribution is 7.14. The third kappa shape index (κ3) is 6.69. The highest BCUT2D eigenvalue weighted by Gasteiger charge is 2.35. The van der Waals surface area contributed by atoms with Crippen molar-refractivity contribution in [1.29, 1.82) is 0 Å². The van der Waals surface area contributed by atoms with Gasteiger partial charge in [-0.1, -0.05) is 55.8 Å². The lowest BCUT2D eigenvalue weighted by atomic mass is 10.1. The van der Waals surface area contributed by atoms with E-state index < -0.39 is 12.1 Å². The Bertz CT molecular complexity index is 1200. The number of likely N-dealkylation sites (tertiary alicyclic amines) is 1. The van der Waals surface area contributed by atoms with E-state index in [4.69, 9.17) is 4.74 Å². The van der Waals surface area contributed by atoms with Gasteiger partial charge in [0.25, 0.3) is 0 Å². The fraction of sp³-hybridized carbons (Fsp3) is 0.333. The van der Waals surface area contributed by atoms with Gasteiger partial charge in [0.15, 0.2) is 5.13 Å². The number of nitrogens with one attached hydrogen (secondary N) is 2. The Morgan fingerprint density at radius 2 is 1.94 bits per heavy atom. The maximum absolute atomic E-state index is 13.0. The number of nitrogens with zero attached hydrogens (tertiary/aromatic N) is 2. The summed E-state index contributed by atoms with van der Waals surface area (Å²) in [5.74, 6) is -0.286. The normalized spacial score (nSPS) is 14.9. The monoisotopic (exact) mass is 506 g/mol. The fourth-order valence-electron chi connectivity index (χ4n) is 4.03. The summed E-state index contributed by atoms with van der Waals surface area (Å²) in [6.07, 6.45) is 3.13. The number of amides is 3. The van der Waals surface area contributed by atoms with Crippen LogP contribution in [0.3, 0.4) is 0 Å². The molecule has 2 heterocycles. The van der Waals surface area contributed by atoms with E-state index in [0.717, 1.165) is 30.4 Å². The summed E-state index contributed by atoms with van der Waals surface area (Å²) < 4.78 is 5.43. The molecule has 1 aromatic heterocycles. The molecule has 0 saturated carbocycles. The number of benzene rings is 2. The van der Waals surface area contributed by atoms with Gasteiger partial charge in [0.1, 0.15) is 12.6 Å². The van der Waals surface area contributed by atoms with Gasteiger partial charge in [-0.2, -0.15) is 0 Å². The molecule has 3 aromatic rings. The van der Waals surface area contributed by atoms with Crippen molar-refractivity contribution >= 4 is 40.1 Å². The SMILES string of the molecule is CCCCC(=O)Nc1cccc(-c2csc(NC(=O)C3CCCN3C(=O)OCc3ccccc3)n2)c1. The van der Waals surface area contributed by atoms with Gasteiger partial charge in [-0.05, 0) is 37.0 Å². The number of anilines is 2. The molecule has 0 aliphatic carbocycles. The molecule has 1 aliphatic rings. The first-order valence-corrected chi connectivity index (χ1v) is 13.1. The van der Waals surface area contributed by atoms with Gasteiger partial charge in [-0.3, -0.25) is 14.5 Å². The van der Waals surface area contributed by atoms with E-state index in [9.17, 15) is 14.4 Å². The zero-order valence-electron chi connectivity index (χ0n) is 20.2. The van der Waals surface area contributed by atoms with Crippen molar-refractivity contribution in [3.63, 3.8) is 0 Å². The van der Waals surface area contributed by atoms with Gasteiger partial charge in [-0.25, -0.2) is 9.78 Å². The van der Waals surface area contributed by atoms with E-state index >= 15 is 0 Å². The third-order valence-corrected chi connectivity index (χ3v) is 6.69. The van der Waals surface area contributed by atoms with Crippen LogP contribution < -0.4 is 10.6 Å². The number of unbranched alkanes of at least 4 members (excludes halogenated alkanes) is 1. The lowest BCUT2D eigenvalue weighted by Crippen LogP contribution is -2.43. The maximum Gasteiger partial charge on any atom is 0.410 e. The van der Waals surface area contributed by atoms with Crippen molar-refractivity contribution < 1.29 is 19.1 Å². The summed E-state index contributed by atoms with van der Waals surface area (Å²) in [4.78, 5) is 43.7. The number of ether oxygens (including phenoxy) is 1. The van der Waals surface area contributed by atoms with E-state index in [-0.39, 0.29) is 18.4 Å². The first-order valence-electron chi connectivity index (χ1n) is 12.2. The zero-order chi connectivity index (χ0) is 25.3. The molecule has 1 atom stereocenters. The van der Waals surface area contributed by atoms with Crippen LogP contribution in [0.15, 0.2) is 60.0 Å². The Balaban J connectivity index is 1.34. The summed E-state index contributed by atoms with van der Waals surface area (Å²) in [7, 11) is 0. The van der Waals surface area contributed by atoms with E-state index in [1.54, 1.807) is 0 Å². The van der Waals surface area contributed by atoms with Gasteiger partial charge in [0.2, 0.25) is 11.8 Å². The second kappa shape index (κ2) is 12.3. The molecule has 2 aromatic carbocycles. The molecule has 1 fully saturated rings. The Labute approximate surface area is 214 Å². The van der Waals surface area contributed by atoms with Crippen molar-refractivity contribution in [3.05, 3.63) is 65.5 Å². The van der Waals surface area contributed by atoms with Crippen LogP contribution in [-0.2, 0) is 20.9 Å². The van der Waals surface area contributed by atoms with Crippen molar-refractivity contribution in [2.45, 2.75) is 51.7 Å². The van der Waals surface area contributed by atoms with Crippen molar-refractivity contribution in [2.24, 2.45) is 0 Å². The molecule has 1 aliphatic heterocycles. The summed E-state index contributed by atoms with van der Waals surface area (Å²) >= 11 is 1.31.